The number of nitrogens with one attached hydrogen (secondary N) is 2. The van der Waals surface area contributed by atoms with Crippen molar-refractivity contribution in [2.75, 3.05) is 23.8 Å². The number of para-hydroxylation sites is 1. The molecular weight excluding hydrogens is 316 g/mol. The van der Waals surface area contributed by atoms with Gasteiger partial charge in [0.15, 0.2) is 0 Å². The van der Waals surface area contributed by atoms with Crippen LogP contribution in [0.3, 0.4) is 0 Å². The van der Waals surface area contributed by atoms with Crippen LogP contribution in [-0.2, 0) is 6.54 Å². The zero-order valence-corrected chi connectivity index (χ0v) is 12.6. The number of nitro benzene ring substituents is 2. The topological polar surface area (TPSA) is 131 Å². The van der Waals surface area contributed by atoms with E-state index in [9.17, 15) is 20.2 Å². The average molecular weight is 332 g/mol. The van der Waals surface area contributed by atoms with Crippen LogP contribution in [0.4, 0.5) is 22.7 Å². The summed E-state index contributed by atoms with van der Waals surface area (Å²) >= 11 is 0. The van der Waals surface area contributed by atoms with Crippen LogP contribution in [0.15, 0.2) is 42.5 Å². The fraction of sp³-hybridized carbons (Fsp3) is 0.200. The van der Waals surface area contributed by atoms with E-state index in [1.807, 2.05) is 0 Å². The number of rotatable bonds is 8. The molecule has 0 amide bonds. The van der Waals surface area contributed by atoms with Gasteiger partial charge in [-0.25, -0.2) is 0 Å². The molecule has 2 aromatic carbocycles. The minimum atomic E-state index is -0.522. The molecule has 9 nitrogen and oxygen atoms in total. The molecule has 0 bridgehead atoms. The van der Waals surface area contributed by atoms with Gasteiger partial charge in [0.25, 0.3) is 11.4 Å². The van der Waals surface area contributed by atoms with E-state index in [-0.39, 0.29) is 31.1 Å². The Hall–Kier alpha value is -3.20. The number of non-ortho nitro benzene ring substituents is 1. The van der Waals surface area contributed by atoms with Crippen LogP contribution in [0.2, 0.25) is 0 Å². The molecule has 0 aromatic heterocycles. The largest absolute Gasteiger partial charge is 0.395 e. The molecule has 0 fully saturated rings. The van der Waals surface area contributed by atoms with E-state index < -0.39 is 9.85 Å². The van der Waals surface area contributed by atoms with Crippen molar-refractivity contribution in [3.8, 4) is 0 Å². The molecule has 24 heavy (non-hydrogen) atoms. The average Bonchev–Trinajstić information content (AvgIpc) is 2.58. The monoisotopic (exact) mass is 332 g/mol. The quantitative estimate of drug-likeness (QED) is 0.500. The van der Waals surface area contributed by atoms with E-state index in [1.165, 1.54) is 24.3 Å². The molecule has 0 saturated carbocycles. The fourth-order valence-electron chi connectivity index (χ4n) is 2.17. The Labute approximate surface area is 137 Å². The Kier molecular flexibility index (Phi) is 5.63. The van der Waals surface area contributed by atoms with E-state index in [1.54, 1.807) is 18.2 Å². The number of hydrogen-bond acceptors (Lipinski definition) is 7. The van der Waals surface area contributed by atoms with Gasteiger partial charge in [-0.05, 0) is 6.07 Å². The predicted molar refractivity (Wildman–Crippen MR) is 89.1 cm³/mol. The second-order valence-electron chi connectivity index (χ2n) is 4.88. The lowest BCUT2D eigenvalue weighted by Crippen LogP contribution is -2.10. The highest BCUT2D eigenvalue weighted by molar-refractivity contribution is 5.72. The Morgan fingerprint density at radius 1 is 0.958 bits per heavy atom. The Morgan fingerprint density at radius 3 is 2.38 bits per heavy atom. The Bertz CT molecular complexity index is 750. The summed E-state index contributed by atoms with van der Waals surface area (Å²) in [5.74, 6) is 0. The lowest BCUT2D eigenvalue weighted by atomic mass is 10.1. The zero-order valence-electron chi connectivity index (χ0n) is 12.6. The van der Waals surface area contributed by atoms with Gasteiger partial charge in [-0.2, -0.15) is 0 Å². The van der Waals surface area contributed by atoms with Gasteiger partial charge in [0.05, 0.1) is 27.8 Å². The van der Waals surface area contributed by atoms with Crippen molar-refractivity contribution in [2.45, 2.75) is 6.54 Å². The number of nitro groups is 2. The van der Waals surface area contributed by atoms with Gasteiger partial charge < -0.3 is 15.7 Å². The fourth-order valence-corrected chi connectivity index (χ4v) is 2.17. The maximum Gasteiger partial charge on any atom is 0.274 e. The van der Waals surface area contributed by atoms with Crippen LogP contribution in [0.25, 0.3) is 0 Å². The van der Waals surface area contributed by atoms with Crippen LogP contribution < -0.4 is 10.6 Å². The maximum absolute atomic E-state index is 11.0. The first-order chi connectivity index (χ1) is 11.5. The van der Waals surface area contributed by atoms with Crippen molar-refractivity contribution >= 4 is 22.7 Å². The molecule has 0 aliphatic rings. The number of aliphatic hydroxyl groups is 1. The van der Waals surface area contributed by atoms with Crippen molar-refractivity contribution in [2.24, 2.45) is 0 Å². The van der Waals surface area contributed by atoms with Crippen LogP contribution >= 0.6 is 0 Å². The third-order valence-corrected chi connectivity index (χ3v) is 3.30. The highest BCUT2D eigenvalue weighted by atomic mass is 16.6. The molecule has 0 spiro atoms. The van der Waals surface area contributed by atoms with Gasteiger partial charge in [0.2, 0.25) is 0 Å². The van der Waals surface area contributed by atoms with Gasteiger partial charge in [0.1, 0.15) is 0 Å². The van der Waals surface area contributed by atoms with Gasteiger partial charge >= 0.3 is 0 Å². The smallest absolute Gasteiger partial charge is 0.274 e. The first-order valence-electron chi connectivity index (χ1n) is 7.12. The SMILES string of the molecule is O=[N+]([O-])c1ccc(NCCO)c(NCc2ccccc2[N+](=O)[O-])c1. The molecule has 0 aliphatic heterocycles. The molecule has 126 valence electrons. The number of benzene rings is 2. The van der Waals surface area contributed by atoms with E-state index in [2.05, 4.69) is 10.6 Å². The molecule has 2 aromatic rings. The molecular formula is C15H16N4O5. The van der Waals surface area contributed by atoms with E-state index in [4.69, 9.17) is 5.11 Å². The second-order valence-corrected chi connectivity index (χ2v) is 4.88. The summed E-state index contributed by atoms with van der Waals surface area (Å²) in [5.41, 5.74) is 1.32. The van der Waals surface area contributed by atoms with Crippen molar-refractivity contribution < 1.29 is 15.0 Å². The summed E-state index contributed by atoms with van der Waals surface area (Å²) in [4.78, 5) is 21.0. The van der Waals surface area contributed by atoms with Gasteiger partial charge in [0, 0.05) is 36.9 Å². The van der Waals surface area contributed by atoms with Crippen LogP contribution in [-0.4, -0.2) is 28.1 Å². The van der Waals surface area contributed by atoms with Crippen molar-refractivity contribution in [1.82, 2.24) is 0 Å². The summed E-state index contributed by atoms with van der Waals surface area (Å²) in [6, 6.07) is 10.5. The Balaban J connectivity index is 2.25. The second kappa shape index (κ2) is 7.88. The lowest BCUT2D eigenvalue weighted by Gasteiger charge is -2.13. The molecule has 0 unspecified atom stereocenters. The number of nitrogens with zero attached hydrogens (tertiary/aromatic N) is 2. The van der Waals surface area contributed by atoms with Crippen LogP contribution in [0, 0.1) is 20.2 Å². The standard InChI is InChI=1S/C15H16N4O5/c20-8-7-16-13-6-5-12(18(21)22)9-14(13)17-10-11-3-1-2-4-15(11)19(23)24/h1-6,9,16-17,20H,7-8,10H2. The van der Waals surface area contributed by atoms with Crippen LogP contribution in [0.5, 0.6) is 0 Å². The molecule has 2 rings (SSSR count). The number of anilines is 2. The van der Waals surface area contributed by atoms with Crippen LogP contribution in [0.1, 0.15) is 5.56 Å². The van der Waals surface area contributed by atoms with Crippen molar-refractivity contribution in [3.63, 3.8) is 0 Å². The normalized spacial score (nSPS) is 10.2. The summed E-state index contributed by atoms with van der Waals surface area (Å²) in [6.07, 6.45) is 0. The highest BCUT2D eigenvalue weighted by Gasteiger charge is 2.14. The molecule has 9 heteroatoms. The van der Waals surface area contributed by atoms with E-state index in [0.29, 0.717) is 16.9 Å². The zero-order chi connectivity index (χ0) is 17.5. The summed E-state index contributed by atoms with van der Waals surface area (Å²) in [5, 5.41) is 36.8. The molecule has 0 saturated heterocycles. The minimum Gasteiger partial charge on any atom is -0.395 e. The van der Waals surface area contributed by atoms with E-state index in [0.717, 1.165) is 0 Å². The predicted octanol–water partition coefficient (Wildman–Crippen LogP) is 2.52. The molecule has 0 atom stereocenters. The maximum atomic E-state index is 11.0. The highest BCUT2D eigenvalue weighted by Crippen LogP contribution is 2.28. The summed E-state index contributed by atoms with van der Waals surface area (Å²) < 4.78 is 0. The van der Waals surface area contributed by atoms with E-state index >= 15 is 0 Å². The minimum absolute atomic E-state index is 0.0275. The molecule has 0 radical (unpaired) electrons. The van der Waals surface area contributed by atoms with Gasteiger partial charge in [-0.1, -0.05) is 18.2 Å². The first-order valence-corrected chi connectivity index (χ1v) is 7.12. The van der Waals surface area contributed by atoms with Gasteiger partial charge in [-0.15, -0.1) is 0 Å². The summed E-state index contributed by atoms with van der Waals surface area (Å²) in [7, 11) is 0. The first kappa shape index (κ1) is 17.2. The Morgan fingerprint density at radius 2 is 1.71 bits per heavy atom. The lowest BCUT2D eigenvalue weighted by molar-refractivity contribution is -0.385. The molecule has 0 aliphatic carbocycles. The molecule has 3 N–H and O–H groups in total. The number of aliphatic hydroxyl groups excluding tert-OH is 1. The third-order valence-electron chi connectivity index (χ3n) is 3.30. The van der Waals surface area contributed by atoms with Gasteiger partial charge in [-0.3, -0.25) is 20.2 Å². The third kappa shape index (κ3) is 4.17. The molecule has 0 heterocycles. The van der Waals surface area contributed by atoms with Crippen molar-refractivity contribution in [3.05, 3.63) is 68.3 Å². The number of hydrogen-bond donors (Lipinski definition) is 3. The summed E-state index contributed by atoms with van der Waals surface area (Å²) in [6.45, 7) is 0.310. The van der Waals surface area contributed by atoms with Crippen molar-refractivity contribution in [1.29, 1.82) is 0 Å².